The summed E-state index contributed by atoms with van der Waals surface area (Å²) in [5, 5.41) is 8.61. The number of aromatic amines is 1. The number of aryl methyl sites for hydroxylation is 1. The highest BCUT2D eigenvalue weighted by Gasteiger charge is 2.11. The quantitative estimate of drug-likeness (QED) is 0.477. The van der Waals surface area contributed by atoms with E-state index in [9.17, 15) is 9.18 Å². The molecular formula is C18H16BrFN4O. The SMILES string of the molecule is Cc1[nH]nc(-c2cccc(NN(C=O)Cc3ccc(F)cc3)c2)c1Br. The van der Waals surface area contributed by atoms with Crippen molar-refractivity contribution in [1.29, 1.82) is 0 Å². The number of carbonyl (C=O) groups is 1. The van der Waals surface area contributed by atoms with Crippen molar-refractivity contribution in [2.24, 2.45) is 0 Å². The Hall–Kier alpha value is -2.67. The molecule has 0 fully saturated rings. The minimum absolute atomic E-state index is 0.304. The Balaban J connectivity index is 1.77. The molecule has 0 atom stereocenters. The molecule has 0 aliphatic rings. The number of rotatable bonds is 6. The summed E-state index contributed by atoms with van der Waals surface area (Å²) in [5.41, 5.74) is 7.28. The molecule has 0 unspecified atom stereocenters. The van der Waals surface area contributed by atoms with Crippen LogP contribution in [0.5, 0.6) is 0 Å². The molecule has 3 aromatic rings. The molecule has 0 saturated carbocycles. The van der Waals surface area contributed by atoms with E-state index in [1.54, 1.807) is 12.1 Å². The summed E-state index contributed by atoms with van der Waals surface area (Å²) in [6.45, 7) is 2.25. The van der Waals surface area contributed by atoms with Gasteiger partial charge in [0.25, 0.3) is 0 Å². The second-order valence-corrected chi connectivity index (χ2v) is 6.36. The molecule has 1 amide bonds. The third-order valence-corrected chi connectivity index (χ3v) is 4.64. The highest BCUT2D eigenvalue weighted by atomic mass is 79.9. The summed E-state index contributed by atoms with van der Waals surface area (Å²) in [6.07, 6.45) is 0.699. The predicted molar refractivity (Wildman–Crippen MR) is 98.1 cm³/mol. The monoisotopic (exact) mass is 402 g/mol. The van der Waals surface area contributed by atoms with Crippen molar-refractivity contribution in [1.82, 2.24) is 15.2 Å². The van der Waals surface area contributed by atoms with Gasteiger partial charge in [0.1, 0.15) is 11.5 Å². The maximum Gasteiger partial charge on any atom is 0.228 e. The van der Waals surface area contributed by atoms with Gasteiger partial charge in [0, 0.05) is 11.3 Å². The molecule has 2 aromatic carbocycles. The van der Waals surface area contributed by atoms with Crippen LogP contribution in [0.1, 0.15) is 11.3 Å². The number of halogens is 2. The first-order valence-corrected chi connectivity index (χ1v) is 8.40. The number of nitrogens with zero attached hydrogens (tertiary/aromatic N) is 2. The van der Waals surface area contributed by atoms with E-state index in [0.717, 1.165) is 32.7 Å². The van der Waals surface area contributed by atoms with Crippen LogP contribution in [-0.2, 0) is 11.3 Å². The fourth-order valence-electron chi connectivity index (χ4n) is 2.40. The highest BCUT2D eigenvalue weighted by molar-refractivity contribution is 9.10. The van der Waals surface area contributed by atoms with Crippen molar-refractivity contribution in [3.05, 3.63) is 70.1 Å². The molecular weight excluding hydrogens is 387 g/mol. The Morgan fingerprint density at radius 3 is 2.68 bits per heavy atom. The number of aromatic nitrogens is 2. The Kier molecular flexibility index (Phi) is 5.14. The van der Waals surface area contributed by atoms with Gasteiger partial charge >= 0.3 is 0 Å². The van der Waals surface area contributed by atoms with Gasteiger partial charge in [0.15, 0.2) is 0 Å². The fourth-order valence-corrected chi connectivity index (χ4v) is 2.80. The van der Waals surface area contributed by atoms with Crippen LogP contribution >= 0.6 is 15.9 Å². The molecule has 0 aliphatic heterocycles. The number of hydrazine groups is 1. The summed E-state index contributed by atoms with van der Waals surface area (Å²) in [6, 6.07) is 13.6. The molecule has 3 rings (SSSR count). The summed E-state index contributed by atoms with van der Waals surface area (Å²) in [7, 11) is 0. The minimum atomic E-state index is -0.304. The Morgan fingerprint density at radius 2 is 2.04 bits per heavy atom. The number of nitrogens with one attached hydrogen (secondary N) is 2. The van der Waals surface area contributed by atoms with Crippen LogP contribution in [0.25, 0.3) is 11.3 Å². The molecule has 0 radical (unpaired) electrons. The minimum Gasteiger partial charge on any atom is -0.296 e. The first-order chi connectivity index (χ1) is 12.1. The van der Waals surface area contributed by atoms with Gasteiger partial charge < -0.3 is 0 Å². The first-order valence-electron chi connectivity index (χ1n) is 7.61. The maximum atomic E-state index is 13.0. The zero-order chi connectivity index (χ0) is 17.8. The number of carbonyl (C=O) groups excluding carboxylic acids is 1. The van der Waals surface area contributed by atoms with E-state index in [1.165, 1.54) is 17.1 Å². The lowest BCUT2D eigenvalue weighted by atomic mass is 10.1. The number of hydrogen-bond acceptors (Lipinski definition) is 3. The van der Waals surface area contributed by atoms with Crippen molar-refractivity contribution in [3.63, 3.8) is 0 Å². The van der Waals surface area contributed by atoms with Crippen molar-refractivity contribution in [3.8, 4) is 11.3 Å². The number of H-pyrrole nitrogens is 1. The average molecular weight is 403 g/mol. The number of benzene rings is 2. The number of amides is 1. The lowest BCUT2D eigenvalue weighted by Crippen LogP contribution is -2.27. The van der Waals surface area contributed by atoms with Crippen LogP contribution < -0.4 is 5.43 Å². The topological polar surface area (TPSA) is 61.0 Å². The average Bonchev–Trinajstić information content (AvgIpc) is 2.95. The van der Waals surface area contributed by atoms with E-state index in [-0.39, 0.29) is 5.82 Å². The molecule has 0 saturated heterocycles. The van der Waals surface area contributed by atoms with Gasteiger partial charge in [-0.05, 0) is 52.7 Å². The molecule has 1 heterocycles. The van der Waals surface area contributed by atoms with Crippen LogP contribution in [0, 0.1) is 12.7 Å². The van der Waals surface area contributed by atoms with E-state index in [2.05, 4.69) is 31.6 Å². The van der Waals surface area contributed by atoms with Crippen molar-refractivity contribution < 1.29 is 9.18 Å². The zero-order valence-corrected chi connectivity index (χ0v) is 15.0. The first kappa shape index (κ1) is 17.2. The standard InChI is InChI=1S/C18H16BrFN4O/c1-12-17(19)18(22-21-12)14-3-2-4-16(9-14)23-24(11-25)10-13-5-7-15(20)8-6-13/h2-9,11,23H,10H2,1H3,(H,21,22). The highest BCUT2D eigenvalue weighted by Crippen LogP contribution is 2.29. The molecule has 7 heteroatoms. The van der Waals surface area contributed by atoms with Crippen molar-refractivity contribution >= 4 is 28.0 Å². The van der Waals surface area contributed by atoms with E-state index in [1.807, 2.05) is 31.2 Å². The van der Waals surface area contributed by atoms with Gasteiger partial charge in [-0.2, -0.15) is 5.10 Å². The molecule has 2 N–H and O–H groups in total. The Labute approximate surface area is 153 Å². The number of anilines is 1. The molecule has 1 aromatic heterocycles. The van der Waals surface area contributed by atoms with Crippen LogP contribution in [0.2, 0.25) is 0 Å². The van der Waals surface area contributed by atoms with Crippen LogP contribution in [0.3, 0.4) is 0 Å². The normalized spacial score (nSPS) is 10.5. The summed E-state index contributed by atoms with van der Waals surface area (Å²) < 4.78 is 13.9. The van der Waals surface area contributed by atoms with Crippen LogP contribution in [0.15, 0.2) is 53.0 Å². The molecule has 25 heavy (non-hydrogen) atoms. The predicted octanol–water partition coefficient (Wildman–Crippen LogP) is 4.27. The third kappa shape index (κ3) is 4.06. The van der Waals surface area contributed by atoms with Crippen LogP contribution in [-0.4, -0.2) is 21.6 Å². The zero-order valence-electron chi connectivity index (χ0n) is 13.5. The molecule has 5 nitrogen and oxygen atoms in total. The molecule has 0 bridgehead atoms. The van der Waals surface area contributed by atoms with Crippen molar-refractivity contribution in [2.45, 2.75) is 13.5 Å². The summed E-state index contributed by atoms with van der Waals surface area (Å²) >= 11 is 3.51. The summed E-state index contributed by atoms with van der Waals surface area (Å²) in [5.74, 6) is -0.304. The largest absolute Gasteiger partial charge is 0.296 e. The van der Waals surface area contributed by atoms with Crippen molar-refractivity contribution in [2.75, 3.05) is 5.43 Å². The van der Waals surface area contributed by atoms with Gasteiger partial charge in [0.2, 0.25) is 6.41 Å². The van der Waals surface area contributed by atoms with E-state index in [0.29, 0.717) is 13.0 Å². The van der Waals surface area contributed by atoms with Crippen LogP contribution in [0.4, 0.5) is 10.1 Å². The van der Waals surface area contributed by atoms with E-state index < -0.39 is 0 Å². The Morgan fingerprint density at radius 1 is 1.28 bits per heavy atom. The third-order valence-electron chi connectivity index (χ3n) is 3.67. The second kappa shape index (κ2) is 7.48. The number of hydrogen-bond donors (Lipinski definition) is 2. The molecule has 128 valence electrons. The van der Waals surface area contributed by atoms with E-state index in [4.69, 9.17) is 0 Å². The lowest BCUT2D eigenvalue weighted by molar-refractivity contribution is -0.117. The smallest absolute Gasteiger partial charge is 0.228 e. The second-order valence-electron chi connectivity index (χ2n) is 5.56. The molecule has 0 aliphatic carbocycles. The van der Waals surface area contributed by atoms with Gasteiger partial charge in [-0.25, -0.2) is 4.39 Å². The molecule has 0 spiro atoms. The van der Waals surface area contributed by atoms with Gasteiger partial charge in [0.05, 0.1) is 16.7 Å². The van der Waals surface area contributed by atoms with Gasteiger partial charge in [-0.1, -0.05) is 24.3 Å². The van der Waals surface area contributed by atoms with E-state index >= 15 is 0 Å². The summed E-state index contributed by atoms with van der Waals surface area (Å²) in [4.78, 5) is 11.4. The fraction of sp³-hybridized carbons (Fsp3) is 0.111. The Bertz CT molecular complexity index is 879. The lowest BCUT2D eigenvalue weighted by Gasteiger charge is -2.20. The van der Waals surface area contributed by atoms with Gasteiger partial charge in [-0.15, -0.1) is 0 Å². The van der Waals surface area contributed by atoms with Gasteiger partial charge in [-0.3, -0.25) is 20.3 Å². The maximum absolute atomic E-state index is 13.0.